The lowest BCUT2D eigenvalue weighted by Crippen LogP contribution is -2.46. The second kappa shape index (κ2) is 6.98. The van der Waals surface area contributed by atoms with Crippen molar-refractivity contribution in [2.24, 2.45) is 0 Å². The number of carbonyl (C=O) groups excluding carboxylic acids is 2. The number of hydrogen-bond donors (Lipinski definition) is 0. The Morgan fingerprint density at radius 2 is 1.95 bits per heavy atom. The Labute approximate surface area is 132 Å². The molecule has 2 amide bonds. The smallest absolute Gasteiger partial charge is 0.232 e. The molecule has 0 N–H and O–H groups in total. The first kappa shape index (κ1) is 17.2. The van der Waals surface area contributed by atoms with Crippen molar-refractivity contribution in [3.8, 4) is 0 Å². The Morgan fingerprint density at radius 3 is 2.55 bits per heavy atom. The second-order valence-electron chi connectivity index (χ2n) is 6.38. The summed E-state index contributed by atoms with van der Waals surface area (Å²) in [6, 6.07) is -0.0418. The summed E-state index contributed by atoms with van der Waals surface area (Å²) < 4.78 is 23.0. The molecule has 2 fully saturated rings. The normalized spacial score (nSPS) is 27.6. The van der Waals surface area contributed by atoms with Crippen molar-refractivity contribution >= 4 is 21.7 Å². The van der Waals surface area contributed by atoms with Crippen LogP contribution in [0.2, 0.25) is 0 Å². The number of likely N-dealkylation sites (tertiary alicyclic amines) is 1. The number of sulfone groups is 1. The van der Waals surface area contributed by atoms with E-state index in [2.05, 4.69) is 6.92 Å². The third-order valence-electron chi connectivity index (χ3n) is 4.87. The maximum Gasteiger partial charge on any atom is 0.232 e. The molecule has 2 atom stereocenters. The van der Waals surface area contributed by atoms with Crippen LogP contribution >= 0.6 is 0 Å². The van der Waals surface area contributed by atoms with E-state index < -0.39 is 9.84 Å². The third-order valence-corrected chi connectivity index (χ3v) is 6.62. The summed E-state index contributed by atoms with van der Waals surface area (Å²) in [7, 11) is -1.42. The van der Waals surface area contributed by atoms with Crippen molar-refractivity contribution in [2.75, 3.05) is 25.1 Å². The number of nitrogens with zero attached hydrogens (tertiary/aromatic N) is 2. The molecule has 2 aliphatic rings. The van der Waals surface area contributed by atoms with Gasteiger partial charge in [0, 0.05) is 25.7 Å². The molecule has 2 rings (SSSR count). The van der Waals surface area contributed by atoms with E-state index in [0.717, 1.165) is 32.2 Å². The topological polar surface area (TPSA) is 74.8 Å². The van der Waals surface area contributed by atoms with Crippen LogP contribution in [0.15, 0.2) is 0 Å². The third kappa shape index (κ3) is 4.00. The number of rotatable bonds is 4. The molecule has 0 aliphatic carbocycles. The minimum Gasteiger partial charge on any atom is -0.341 e. The van der Waals surface area contributed by atoms with Crippen LogP contribution in [0.4, 0.5) is 0 Å². The van der Waals surface area contributed by atoms with Gasteiger partial charge in [-0.25, -0.2) is 8.42 Å². The summed E-state index contributed by atoms with van der Waals surface area (Å²) in [4.78, 5) is 27.9. The lowest BCUT2D eigenvalue weighted by atomic mass is 9.99. The molecule has 0 spiro atoms. The molecule has 0 radical (unpaired) electrons. The van der Waals surface area contributed by atoms with E-state index in [1.807, 2.05) is 4.90 Å². The van der Waals surface area contributed by atoms with Gasteiger partial charge in [-0.05, 0) is 32.1 Å². The average Bonchev–Trinajstić information content (AvgIpc) is 2.86. The lowest BCUT2D eigenvalue weighted by Gasteiger charge is -2.35. The van der Waals surface area contributed by atoms with Crippen LogP contribution in [-0.4, -0.2) is 67.2 Å². The van der Waals surface area contributed by atoms with Gasteiger partial charge in [-0.2, -0.15) is 0 Å². The molecule has 0 saturated carbocycles. The molecule has 2 aliphatic heterocycles. The molecule has 0 aromatic carbocycles. The number of carbonyl (C=O) groups is 2. The van der Waals surface area contributed by atoms with Crippen molar-refractivity contribution in [3.05, 3.63) is 0 Å². The van der Waals surface area contributed by atoms with E-state index in [-0.39, 0.29) is 41.8 Å². The molecule has 0 bridgehead atoms. The first-order valence-corrected chi connectivity index (χ1v) is 9.91. The average molecular weight is 330 g/mol. The molecule has 7 heteroatoms. The van der Waals surface area contributed by atoms with Crippen LogP contribution in [-0.2, 0) is 19.4 Å². The minimum atomic E-state index is -3.02. The van der Waals surface area contributed by atoms with E-state index in [1.54, 1.807) is 7.05 Å². The fourth-order valence-electron chi connectivity index (χ4n) is 3.39. The highest BCUT2D eigenvalue weighted by molar-refractivity contribution is 7.91. The zero-order valence-electron chi connectivity index (χ0n) is 13.5. The zero-order valence-corrected chi connectivity index (χ0v) is 14.3. The van der Waals surface area contributed by atoms with Crippen LogP contribution in [0.25, 0.3) is 0 Å². The summed E-state index contributed by atoms with van der Waals surface area (Å²) in [5, 5.41) is 0. The standard InChI is InChI=1S/C15H26N2O4S/c1-3-12-6-4-5-8-17(12)15(19)10-14(18)16(2)13-7-9-22(20,21)11-13/h12-13H,3-11H2,1-2H3. The fourth-order valence-corrected chi connectivity index (χ4v) is 5.17. The molecule has 6 nitrogen and oxygen atoms in total. The predicted octanol–water partition coefficient (Wildman–Crippen LogP) is 0.813. The highest BCUT2D eigenvalue weighted by Crippen LogP contribution is 2.21. The van der Waals surface area contributed by atoms with Gasteiger partial charge in [0.15, 0.2) is 9.84 Å². The van der Waals surface area contributed by atoms with E-state index in [1.165, 1.54) is 4.90 Å². The highest BCUT2D eigenvalue weighted by atomic mass is 32.2. The highest BCUT2D eigenvalue weighted by Gasteiger charge is 2.34. The zero-order chi connectivity index (χ0) is 16.3. The Hall–Kier alpha value is -1.11. The number of amides is 2. The summed E-state index contributed by atoms with van der Waals surface area (Å²) in [6.45, 7) is 2.79. The maximum absolute atomic E-state index is 12.4. The molecule has 126 valence electrons. The largest absolute Gasteiger partial charge is 0.341 e. The van der Waals surface area contributed by atoms with Crippen LogP contribution in [0.5, 0.6) is 0 Å². The first-order valence-electron chi connectivity index (χ1n) is 8.09. The minimum absolute atomic E-state index is 0.0186. The summed E-state index contributed by atoms with van der Waals surface area (Å²) in [5.74, 6) is -0.241. The van der Waals surface area contributed by atoms with Gasteiger partial charge >= 0.3 is 0 Å². The molecule has 2 unspecified atom stereocenters. The van der Waals surface area contributed by atoms with Gasteiger partial charge in [0.1, 0.15) is 6.42 Å². The van der Waals surface area contributed by atoms with Crippen molar-refractivity contribution < 1.29 is 18.0 Å². The molecule has 0 aromatic heterocycles. The van der Waals surface area contributed by atoms with Crippen LogP contribution in [0, 0.1) is 0 Å². The first-order chi connectivity index (χ1) is 10.3. The Balaban J connectivity index is 1.92. The Kier molecular flexibility index (Phi) is 5.47. The molecule has 2 heterocycles. The molecular formula is C15H26N2O4S. The van der Waals surface area contributed by atoms with E-state index in [9.17, 15) is 18.0 Å². The van der Waals surface area contributed by atoms with Gasteiger partial charge in [-0.15, -0.1) is 0 Å². The Morgan fingerprint density at radius 1 is 1.23 bits per heavy atom. The summed E-state index contributed by atoms with van der Waals surface area (Å²) in [6.07, 6.45) is 4.37. The summed E-state index contributed by atoms with van der Waals surface area (Å²) >= 11 is 0. The van der Waals surface area contributed by atoms with Crippen molar-refractivity contribution in [1.82, 2.24) is 9.80 Å². The maximum atomic E-state index is 12.4. The van der Waals surface area contributed by atoms with Crippen molar-refractivity contribution in [1.29, 1.82) is 0 Å². The van der Waals surface area contributed by atoms with Crippen LogP contribution in [0.3, 0.4) is 0 Å². The monoisotopic (exact) mass is 330 g/mol. The van der Waals surface area contributed by atoms with Crippen molar-refractivity contribution in [2.45, 2.75) is 57.5 Å². The van der Waals surface area contributed by atoms with Gasteiger partial charge in [-0.1, -0.05) is 6.92 Å². The van der Waals surface area contributed by atoms with E-state index >= 15 is 0 Å². The molecular weight excluding hydrogens is 304 g/mol. The van der Waals surface area contributed by atoms with Gasteiger partial charge in [0.05, 0.1) is 11.5 Å². The molecule has 22 heavy (non-hydrogen) atoms. The van der Waals surface area contributed by atoms with Crippen LogP contribution in [0.1, 0.15) is 45.4 Å². The van der Waals surface area contributed by atoms with Gasteiger partial charge in [0.25, 0.3) is 0 Å². The summed E-state index contributed by atoms with van der Waals surface area (Å²) in [5.41, 5.74) is 0. The molecule has 0 aromatic rings. The Bertz CT molecular complexity index is 532. The SMILES string of the molecule is CCC1CCCCN1C(=O)CC(=O)N(C)C1CCS(=O)(=O)C1. The second-order valence-corrected chi connectivity index (χ2v) is 8.61. The van der Waals surface area contributed by atoms with E-state index in [4.69, 9.17) is 0 Å². The number of piperidine rings is 1. The van der Waals surface area contributed by atoms with Gasteiger partial charge < -0.3 is 9.80 Å². The van der Waals surface area contributed by atoms with E-state index in [0.29, 0.717) is 6.42 Å². The van der Waals surface area contributed by atoms with Gasteiger partial charge in [0.2, 0.25) is 11.8 Å². The fraction of sp³-hybridized carbons (Fsp3) is 0.867. The van der Waals surface area contributed by atoms with Gasteiger partial charge in [-0.3, -0.25) is 9.59 Å². The van der Waals surface area contributed by atoms with Crippen molar-refractivity contribution in [3.63, 3.8) is 0 Å². The molecule has 2 saturated heterocycles. The van der Waals surface area contributed by atoms with Crippen LogP contribution < -0.4 is 0 Å². The lowest BCUT2D eigenvalue weighted by molar-refractivity contribution is -0.143. The predicted molar refractivity (Wildman–Crippen MR) is 84.1 cm³/mol. The quantitative estimate of drug-likeness (QED) is 0.715. The number of hydrogen-bond acceptors (Lipinski definition) is 4.